The number of rotatable bonds is 8. The van der Waals surface area contributed by atoms with Crippen LogP contribution >= 0.6 is 0 Å². The second-order valence-electron chi connectivity index (χ2n) is 3.06. The number of esters is 1. The standard InChI is InChI=1S/C9H12F4O4/c1-2-7(15)17-4-6(14)3-16-5-9(12,13)8(10)11/h2,6,8,14H,1,3-5H2. The van der Waals surface area contributed by atoms with Gasteiger partial charge in [0.1, 0.15) is 19.3 Å². The van der Waals surface area contributed by atoms with Crippen molar-refractivity contribution in [1.82, 2.24) is 0 Å². The summed E-state index contributed by atoms with van der Waals surface area (Å²) in [5.41, 5.74) is 0. The molecule has 0 fully saturated rings. The normalized spacial score (nSPS) is 13.5. The first-order valence-corrected chi connectivity index (χ1v) is 4.50. The van der Waals surface area contributed by atoms with Crippen LogP contribution in [0.2, 0.25) is 0 Å². The van der Waals surface area contributed by atoms with Gasteiger partial charge in [-0.2, -0.15) is 8.78 Å². The van der Waals surface area contributed by atoms with Crippen LogP contribution < -0.4 is 0 Å². The smallest absolute Gasteiger partial charge is 0.330 e. The summed E-state index contributed by atoms with van der Waals surface area (Å²) >= 11 is 0. The number of alkyl halides is 4. The average molecular weight is 260 g/mol. The fourth-order valence-electron chi connectivity index (χ4n) is 0.679. The number of hydrogen-bond donors (Lipinski definition) is 1. The summed E-state index contributed by atoms with van der Waals surface area (Å²) in [5.74, 6) is -5.07. The zero-order valence-electron chi connectivity index (χ0n) is 8.74. The van der Waals surface area contributed by atoms with Crippen LogP contribution in [0.5, 0.6) is 0 Å². The highest BCUT2D eigenvalue weighted by molar-refractivity contribution is 5.81. The van der Waals surface area contributed by atoms with Crippen molar-refractivity contribution in [2.45, 2.75) is 18.5 Å². The number of halogens is 4. The Hall–Kier alpha value is -1.15. The molecule has 0 spiro atoms. The Balaban J connectivity index is 3.74. The maximum atomic E-state index is 12.3. The van der Waals surface area contributed by atoms with Gasteiger partial charge >= 0.3 is 18.3 Å². The van der Waals surface area contributed by atoms with E-state index in [4.69, 9.17) is 5.11 Å². The zero-order chi connectivity index (χ0) is 13.5. The van der Waals surface area contributed by atoms with Gasteiger partial charge in [0, 0.05) is 6.08 Å². The maximum absolute atomic E-state index is 12.3. The molecule has 0 saturated carbocycles. The lowest BCUT2D eigenvalue weighted by molar-refractivity contribution is -0.173. The van der Waals surface area contributed by atoms with Crippen molar-refractivity contribution >= 4 is 5.97 Å². The van der Waals surface area contributed by atoms with Crippen molar-refractivity contribution in [3.8, 4) is 0 Å². The van der Waals surface area contributed by atoms with Crippen LogP contribution in [-0.2, 0) is 14.3 Å². The SMILES string of the molecule is C=CC(=O)OCC(O)COCC(F)(F)C(F)F. The predicted octanol–water partition coefficient (Wildman–Crippen LogP) is 0.994. The van der Waals surface area contributed by atoms with Gasteiger partial charge in [0.05, 0.1) is 6.61 Å². The molecule has 0 aromatic rings. The highest BCUT2D eigenvalue weighted by atomic mass is 19.3. The van der Waals surface area contributed by atoms with E-state index in [0.29, 0.717) is 0 Å². The van der Waals surface area contributed by atoms with Crippen LogP contribution in [0.4, 0.5) is 17.6 Å². The molecule has 0 heterocycles. The largest absolute Gasteiger partial charge is 0.460 e. The lowest BCUT2D eigenvalue weighted by atomic mass is 10.3. The van der Waals surface area contributed by atoms with Gasteiger partial charge < -0.3 is 14.6 Å². The van der Waals surface area contributed by atoms with Crippen molar-refractivity contribution in [1.29, 1.82) is 0 Å². The molecule has 100 valence electrons. The second kappa shape index (κ2) is 7.23. The maximum Gasteiger partial charge on any atom is 0.330 e. The van der Waals surface area contributed by atoms with Gasteiger partial charge in [0.25, 0.3) is 0 Å². The molecule has 0 aromatic heterocycles. The Morgan fingerprint density at radius 1 is 1.41 bits per heavy atom. The number of carbonyl (C=O) groups excluding carboxylic acids is 1. The highest BCUT2D eigenvalue weighted by Crippen LogP contribution is 2.22. The number of ether oxygens (including phenoxy) is 2. The van der Waals surface area contributed by atoms with Gasteiger partial charge in [-0.1, -0.05) is 6.58 Å². The molecule has 0 aliphatic heterocycles. The van der Waals surface area contributed by atoms with Crippen LogP contribution in [0.3, 0.4) is 0 Å². The Morgan fingerprint density at radius 2 is 2.00 bits per heavy atom. The summed E-state index contributed by atoms with van der Waals surface area (Å²) in [5, 5.41) is 9.06. The Kier molecular flexibility index (Phi) is 6.74. The lowest BCUT2D eigenvalue weighted by Crippen LogP contribution is -2.34. The lowest BCUT2D eigenvalue weighted by Gasteiger charge is -2.16. The molecule has 4 nitrogen and oxygen atoms in total. The quantitative estimate of drug-likeness (QED) is 0.402. The minimum absolute atomic E-state index is 0.495. The fraction of sp³-hybridized carbons (Fsp3) is 0.667. The van der Waals surface area contributed by atoms with E-state index < -0.39 is 44.2 Å². The molecule has 8 heteroatoms. The molecular formula is C9H12F4O4. The first-order chi connectivity index (χ1) is 7.79. The van der Waals surface area contributed by atoms with Crippen molar-refractivity contribution in [2.75, 3.05) is 19.8 Å². The van der Waals surface area contributed by atoms with E-state index in [-0.39, 0.29) is 0 Å². The zero-order valence-corrected chi connectivity index (χ0v) is 8.74. The first-order valence-electron chi connectivity index (χ1n) is 4.50. The molecule has 0 aliphatic carbocycles. The third-order valence-electron chi connectivity index (χ3n) is 1.51. The van der Waals surface area contributed by atoms with Gasteiger partial charge in [-0.05, 0) is 0 Å². The molecule has 0 saturated heterocycles. The Morgan fingerprint density at radius 3 is 2.47 bits per heavy atom. The average Bonchev–Trinajstić information content (AvgIpc) is 2.25. The molecule has 0 aromatic carbocycles. The van der Waals surface area contributed by atoms with Crippen molar-refractivity contribution in [3.63, 3.8) is 0 Å². The summed E-state index contributed by atoms with van der Waals surface area (Å²) in [6, 6.07) is 0. The number of carbonyl (C=O) groups is 1. The van der Waals surface area contributed by atoms with Crippen LogP contribution in [0.15, 0.2) is 12.7 Å². The summed E-state index contributed by atoms with van der Waals surface area (Å²) in [6.07, 6.45) is -4.36. The molecule has 0 bridgehead atoms. The van der Waals surface area contributed by atoms with Gasteiger partial charge in [0.2, 0.25) is 0 Å². The van der Waals surface area contributed by atoms with Gasteiger partial charge in [0.15, 0.2) is 0 Å². The third-order valence-corrected chi connectivity index (χ3v) is 1.51. The molecular weight excluding hydrogens is 248 g/mol. The second-order valence-corrected chi connectivity index (χ2v) is 3.06. The number of aliphatic hydroxyl groups excluding tert-OH is 1. The van der Waals surface area contributed by atoms with Crippen LogP contribution in [-0.4, -0.2) is 49.3 Å². The Labute approximate surface area is 94.8 Å². The summed E-state index contributed by atoms with van der Waals surface area (Å²) in [6.45, 7) is 0.425. The number of hydrogen-bond acceptors (Lipinski definition) is 4. The highest BCUT2D eigenvalue weighted by Gasteiger charge is 2.41. The predicted molar refractivity (Wildman–Crippen MR) is 48.9 cm³/mol. The molecule has 1 atom stereocenters. The number of aliphatic hydroxyl groups is 1. The summed E-state index contributed by atoms with van der Waals surface area (Å²) in [4.78, 5) is 10.5. The molecule has 0 amide bonds. The minimum Gasteiger partial charge on any atom is -0.460 e. The monoisotopic (exact) mass is 260 g/mol. The minimum atomic E-state index is -4.27. The van der Waals surface area contributed by atoms with E-state index in [1.807, 2.05) is 0 Å². The van der Waals surface area contributed by atoms with Gasteiger partial charge in [-0.3, -0.25) is 0 Å². The fourth-order valence-corrected chi connectivity index (χ4v) is 0.679. The summed E-state index contributed by atoms with van der Waals surface area (Å²) in [7, 11) is 0. The molecule has 0 radical (unpaired) electrons. The van der Waals surface area contributed by atoms with Crippen molar-refractivity contribution < 1.29 is 36.9 Å². The first kappa shape index (κ1) is 15.9. The molecule has 0 aliphatic rings. The molecule has 17 heavy (non-hydrogen) atoms. The van der Waals surface area contributed by atoms with Crippen molar-refractivity contribution in [2.24, 2.45) is 0 Å². The van der Waals surface area contributed by atoms with Gasteiger partial charge in [-0.15, -0.1) is 0 Å². The molecule has 1 unspecified atom stereocenters. The van der Waals surface area contributed by atoms with E-state index in [2.05, 4.69) is 16.1 Å². The van der Waals surface area contributed by atoms with Crippen LogP contribution in [0, 0.1) is 0 Å². The third kappa shape index (κ3) is 6.90. The molecule has 0 rings (SSSR count). The van der Waals surface area contributed by atoms with Crippen LogP contribution in [0.25, 0.3) is 0 Å². The van der Waals surface area contributed by atoms with E-state index in [1.165, 1.54) is 0 Å². The Bertz CT molecular complexity index is 257. The summed E-state index contributed by atoms with van der Waals surface area (Å²) < 4.78 is 56.5. The van der Waals surface area contributed by atoms with E-state index >= 15 is 0 Å². The molecule has 1 N–H and O–H groups in total. The van der Waals surface area contributed by atoms with E-state index in [9.17, 15) is 22.4 Å². The van der Waals surface area contributed by atoms with E-state index in [1.54, 1.807) is 0 Å². The topological polar surface area (TPSA) is 55.8 Å². The van der Waals surface area contributed by atoms with E-state index in [0.717, 1.165) is 6.08 Å². The van der Waals surface area contributed by atoms with Crippen LogP contribution in [0.1, 0.15) is 0 Å². The van der Waals surface area contributed by atoms with Gasteiger partial charge in [-0.25, -0.2) is 13.6 Å². The van der Waals surface area contributed by atoms with Crippen molar-refractivity contribution in [3.05, 3.63) is 12.7 Å².